The SMILES string of the molecule is Cc1cccc(OC(C)(C)C(=O)N2CCN(C)[C@@H]3CS(=O)(=O)C[C@@H]32)c1. The van der Waals surface area contributed by atoms with Crippen molar-refractivity contribution in [1.29, 1.82) is 0 Å². The second-order valence-electron chi connectivity index (χ2n) is 7.62. The van der Waals surface area contributed by atoms with E-state index in [2.05, 4.69) is 0 Å². The number of carbonyl (C=O) groups excluding carboxylic acids is 1. The number of sulfone groups is 1. The molecule has 1 aromatic carbocycles. The van der Waals surface area contributed by atoms with Gasteiger partial charge in [-0.2, -0.15) is 0 Å². The summed E-state index contributed by atoms with van der Waals surface area (Å²) in [6.07, 6.45) is 0. The minimum Gasteiger partial charge on any atom is -0.478 e. The molecule has 6 nitrogen and oxygen atoms in total. The molecule has 1 amide bonds. The highest BCUT2D eigenvalue weighted by molar-refractivity contribution is 7.91. The fourth-order valence-corrected chi connectivity index (χ4v) is 5.80. The third-order valence-electron chi connectivity index (χ3n) is 5.09. The summed E-state index contributed by atoms with van der Waals surface area (Å²) in [5.41, 5.74) is 0.00273. The Balaban J connectivity index is 1.81. The standard InChI is InChI=1S/C18H26N2O4S/c1-13-6-5-7-14(10-13)24-18(2,3)17(21)20-9-8-19(4)15-11-25(22,23)12-16(15)20/h5-7,10,15-16H,8-9,11-12H2,1-4H3/t15-,16+/m1/s1. The second kappa shape index (κ2) is 6.29. The zero-order valence-corrected chi connectivity index (χ0v) is 16.0. The van der Waals surface area contributed by atoms with E-state index in [1.165, 1.54) is 0 Å². The summed E-state index contributed by atoms with van der Waals surface area (Å²) in [5.74, 6) is 0.642. The maximum absolute atomic E-state index is 13.2. The molecule has 25 heavy (non-hydrogen) atoms. The lowest BCUT2D eigenvalue weighted by atomic mass is 10.0. The van der Waals surface area contributed by atoms with Gasteiger partial charge in [0.05, 0.1) is 17.5 Å². The zero-order valence-electron chi connectivity index (χ0n) is 15.2. The van der Waals surface area contributed by atoms with Crippen LogP contribution in [0.15, 0.2) is 24.3 Å². The van der Waals surface area contributed by atoms with Gasteiger partial charge in [0.25, 0.3) is 5.91 Å². The highest BCUT2D eigenvalue weighted by atomic mass is 32.2. The summed E-state index contributed by atoms with van der Waals surface area (Å²) in [5, 5.41) is 0. The number of ether oxygens (including phenoxy) is 1. The molecule has 0 aliphatic carbocycles. The molecule has 0 unspecified atom stereocenters. The maximum Gasteiger partial charge on any atom is 0.266 e. The highest BCUT2D eigenvalue weighted by Gasteiger charge is 2.49. The molecule has 2 aliphatic heterocycles. The predicted molar refractivity (Wildman–Crippen MR) is 96.5 cm³/mol. The summed E-state index contributed by atoms with van der Waals surface area (Å²) in [6.45, 7) is 6.65. The van der Waals surface area contributed by atoms with Crippen LogP contribution in [0.3, 0.4) is 0 Å². The van der Waals surface area contributed by atoms with Gasteiger partial charge >= 0.3 is 0 Å². The lowest BCUT2D eigenvalue weighted by molar-refractivity contribution is -0.151. The minimum atomic E-state index is -3.11. The predicted octanol–water partition coefficient (Wildman–Crippen LogP) is 1.09. The number of likely N-dealkylation sites (N-methyl/N-ethyl adjacent to an activating group) is 1. The van der Waals surface area contributed by atoms with E-state index >= 15 is 0 Å². The number of carbonyl (C=O) groups is 1. The van der Waals surface area contributed by atoms with Gasteiger partial charge in [-0.25, -0.2) is 8.42 Å². The smallest absolute Gasteiger partial charge is 0.266 e. The van der Waals surface area contributed by atoms with E-state index in [4.69, 9.17) is 4.74 Å². The number of hydrogen-bond acceptors (Lipinski definition) is 5. The average Bonchev–Trinajstić information content (AvgIpc) is 2.83. The quantitative estimate of drug-likeness (QED) is 0.801. The summed E-state index contributed by atoms with van der Waals surface area (Å²) < 4.78 is 30.2. The van der Waals surface area contributed by atoms with Crippen LogP contribution in [-0.4, -0.2) is 73.5 Å². The molecule has 0 bridgehead atoms. The zero-order chi connectivity index (χ0) is 18.4. The molecular formula is C18H26N2O4S. The third kappa shape index (κ3) is 3.67. The highest BCUT2D eigenvalue weighted by Crippen LogP contribution is 2.29. The van der Waals surface area contributed by atoms with Crippen molar-refractivity contribution in [2.75, 3.05) is 31.6 Å². The van der Waals surface area contributed by atoms with Gasteiger partial charge in [-0.15, -0.1) is 0 Å². The van der Waals surface area contributed by atoms with E-state index in [9.17, 15) is 13.2 Å². The molecule has 0 N–H and O–H groups in total. The Bertz CT molecular complexity index is 775. The molecule has 0 radical (unpaired) electrons. The van der Waals surface area contributed by atoms with Gasteiger partial charge in [0.1, 0.15) is 5.75 Å². The summed E-state index contributed by atoms with van der Waals surface area (Å²) in [7, 11) is -1.19. The first kappa shape index (κ1) is 18.2. The van der Waals surface area contributed by atoms with Crippen LogP contribution in [0.1, 0.15) is 19.4 Å². The van der Waals surface area contributed by atoms with Gasteiger partial charge in [-0.1, -0.05) is 12.1 Å². The number of hydrogen-bond donors (Lipinski definition) is 0. The lowest BCUT2D eigenvalue weighted by Gasteiger charge is -2.44. The second-order valence-corrected chi connectivity index (χ2v) is 9.77. The molecule has 0 aromatic heterocycles. The number of rotatable bonds is 3. The number of nitrogens with zero attached hydrogens (tertiary/aromatic N) is 2. The molecule has 1 aromatic rings. The summed E-state index contributed by atoms with van der Waals surface area (Å²) >= 11 is 0. The number of fused-ring (bicyclic) bond motifs is 1. The Hall–Kier alpha value is -1.60. The molecule has 2 atom stereocenters. The topological polar surface area (TPSA) is 66.9 Å². The Morgan fingerprint density at radius 2 is 1.88 bits per heavy atom. The fourth-order valence-electron chi connectivity index (χ4n) is 3.74. The first-order valence-electron chi connectivity index (χ1n) is 8.56. The van der Waals surface area contributed by atoms with Crippen LogP contribution in [0.4, 0.5) is 0 Å². The molecule has 0 saturated carbocycles. The van der Waals surface area contributed by atoms with Crippen molar-refractivity contribution in [2.45, 2.75) is 38.5 Å². The van der Waals surface area contributed by atoms with Crippen molar-refractivity contribution in [2.24, 2.45) is 0 Å². The molecule has 2 aliphatic rings. The normalized spacial score (nSPS) is 26.3. The Morgan fingerprint density at radius 1 is 1.20 bits per heavy atom. The van der Waals surface area contributed by atoms with Crippen LogP contribution in [0.2, 0.25) is 0 Å². The van der Waals surface area contributed by atoms with Crippen LogP contribution < -0.4 is 4.74 Å². The average molecular weight is 366 g/mol. The molecule has 3 rings (SSSR count). The van der Waals surface area contributed by atoms with Crippen molar-refractivity contribution >= 4 is 15.7 Å². The molecule has 138 valence electrons. The third-order valence-corrected chi connectivity index (χ3v) is 6.79. The molecule has 2 saturated heterocycles. The van der Waals surface area contributed by atoms with E-state index in [0.717, 1.165) is 5.56 Å². The van der Waals surface area contributed by atoms with Crippen LogP contribution in [0.5, 0.6) is 5.75 Å². The van der Waals surface area contributed by atoms with Crippen molar-refractivity contribution in [3.63, 3.8) is 0 Å². The number of benzene rings is 1. The van der Waals surface area contributed by atoms with Crippen molar-refractivity contribution < 1.29 is 17.9 Å². The van der Waals surface area contributed by atoms with E-state index in [0.29, 0.717) is 18.8 Å². The molecule has 7 heteroatoms. The first-order valence-corrected chi connectivity index (χ1v) is 10.4. The van der Waals surface area contributed by atoms with Gasteiger partial charge in [-0.05, 0) is 45.5 Å². The van der Waals surface area contributed by atoms with Gasteiger partial charge in [0.15, 0.2) is 15.4 Å². The number of amides is 1. The number of piperazine rings is 1. The van der Waals surface area contributed by atoms with Gasteiger partial charge in [0.2, 0.25) is 0 Å². The van der Waals surface area contributed by atoms with Crippen LogP contribution in [-0.2, 0) is 14.6 Å². The van der Waals surface area contributed by atoms with E-state index in [1.54, 1.807) is 18.7 Å². The van der Waals surface area contributed by atoms with Crippen molar-refractivity contribution in [3.8, 4) is 5.75 Å². The maximum atomic E-state index is 13.2. The lowest BCUT2D eigenvalue weighted by Crippen LogP contribution is -2.63. The summed E-state index contributed by atoms with van der Waals surface area (Å²) in [6, 6.07) is 7.15. The first-order chi connectivity index (χ1) is 11.6. The van der Waals surface area contributed by atoms with Crippen molar-refractivity contribution in [3.05, 3.63) is 29.8 Å². The molecular weight excluding hydrogens is 340 g/mol. The molecule has 0 spiro atoms. The van der Waals surface area contributed by atoms with Crippen LogP contribution in [0, 0.1) is 6.92 Å². The Kier molecular flexibility index (Phi) is 4.58. The molecule has 2 heterocycles. The molecule has 2 fully saturated rings. The summed E-state index contributed by atoms with van der Waals surface area (Å²) in [4.78, 5) is 16.9. The minimum absolute atomic E-state index is 0.0360. The van der Waals surface area contributed by atoms with Gasteiger partial charge < -0.3 is 9.64 Å². The Morgan fingerprint density at radius 3 is 2.56 bits per heavy atom. The number of aryl methyl sites for hydroxylation is 1. The fraction of sp³-hybridized carbons (Fsp3) is 0.611. The monoisotopic (exact) mass is 366 g/mol. The van der Waals surface area contributed by atoms with Crippen LogP contribution in [0.25, 0.3) is 0 Å². The van der Waals surface area contributed by atoms with E-state index in [-0.39, 0.29) is 29.5 Å². The van der Waals surface area contributed by atoms with Crippen LogP contribution >= 0.6 is 0 Å². The van der Waals surface area contributed by atoms with Gasteiger partial charge in [-0.3, -0.25) is 9.69 Å². The van der Waals surface area contributed by atoms with E-state index < -0.39 is 15.4 Å². The van der Waals surface area contributed by atoms with Gasteiger partial charge in [0, 0.05) is 19.1 Å². The van der Waals surface area contributed by atoms with Crippen molar-refractivity contribution in [1.82, 2.24) is 9.80 Å². The Labute approximate surface area is 149 Å². The van der Waals surface area contributed by atoms with E-state index in [1.807, 2.05) is 43.1 Å². The largest absolute Gasteiger partial charge is 0.478 e.